The molecule has 0 aliphatic heterocycles. The summed E-state index contributed by atoms with van der Waals surface area (Å²) in [7, 11) is 0. The van der Waals surface area contributed by atoms with E-state index < -0.39 is 0 Å². The normalized spacial score (nSPS) is 10.4. The predicted molar refractivity (Wildman–Crippen MR) is 61.5 cm³/mol. The average Bonchev–Trinajstić information content (AvgIpc) is 2.94. The van der Waals surface area contributed by atoms with Crippen molar-refractivity contribution in [3.63, 3.8) is 0 Å². The number of fused-ring (bicyclic) bond motifs is 1. The van der Waals surface area contributed by atoms with E-state index in [1.807, 2.05) is 24.3 Å². The molecule has 5 heteroatoms. The highest BCUT2D eigenvalue weighted by Crippen LogP contribution is 2.26. The maximum Gasteiger partial charge on any atom is 0.218 e. The number of hydrogen-bond donors (Lipinski definition) is 0. The summed E-state index contributed by atoms with van der Waals surface area (Å²) < 4.78 is 6.10. The third-order valence-electron chi connectivity index (χ3n) is 2.32. The average molecular weight is 226 g/mol. The minimum Gasteiger partial charge on any atom is -0.281 e. The van der Waals surface area contributed by atoms with E-state index in [0.717, 1.165) is 15.9 Å². The van der Waals surface area contributed by atoms with Crippen molar-refractivity contribution in [2.75, 3.05) is 0 Å². The van der Waals surface area contributed by atoms with Gasteiger partial charge in [0.15, 0.2) is 0 Å². The van der Waals surface area contributed by atoms with Crippen LogP contribution in [0.5, 0.6) is 0 Å². The van der Waals surface area contributed by atoms with Crippen LogP contribution in [-0.2, 0) is 0 Å². The first-order valence-corrected chi connectivity index (χ1v) is 5.46. The Morgan fingerprint density at radius 3 is 3.06 bits per heavy atom. The van der Waals surface area contributed by atoms with Crippen molar-refractivity contribution >= 4 is 22.4 Å². The number of aromatic nitrogens is 3. The summed E-state index contributed by atoms with van der Waals surface area (Å²) in [4.78, 5) is 3.98. The number of benzene rings is 1. The molecule has 3 aromatic rings. The van der Waals surface area contributed by atoms with E-state index in [1.54, 1.807) is 17.0 Å². The van der Waals surface area contributed by atoms with Crippen LogP contribution in [0.25, 0.3) is 15.9 Å². The summed E-state index contributed by atoms with van der Waals surface area (Å²) in [6.07, 6.45) is 3.39. The van der Waals surface area contributed by atoms with E-state index >= 15 is 0 Å². The maximum absolute atomic E-state index is 8.93. The molecule has 0 radical (unpaired) electrons. The summed E-state index contributed by atoms with van der Waals surface area (Å²) in [6, 6.07) is 9.92. The van der Waals surface area contributed by atoms with Gasteiger partial charge < -0.3 is 0 Å². The van der Waals surface area contributed by atoms with Gasteiger partial charge in [-0.2, -0.15) is 9.64 Å². The zero-order valence-electron chi connectivity index (χ0n) is 8.16. The van der Waals surface area contributed by atoms with Gasteiger partial charge in [-0.05, 0) is 23.7 Å². The molecule has 0 amide bonds. The summed E-state index contributed by atoms with van der Waals surface area (Å²) in [5, 5.41) is 10.9. The molecule has 2 aromatic heterocycles. The third-order valence-corrected chi connectivity index (χ3v) is 3.20. The van der Waals surface area contributed by atoms with Crippen LogP contribution in [0, 0.1) is 11.3 Å². The summed E-state index contributed by atoms with van der Waals surface area (Å²) in [5.41, 5.74) is 0.945. The minimum atomic E-state index is 0.384. The highest BCUT2D eigenvalue weighted by atomic mass is 32.1. The molecule has 2 heterocycles. The Balaban J connectivity index is 2.31. The molecule has 0 bridgehead atoms. The van der Waals surface area contributed by atoms with E-state index in [2.05, 4.69) is 15.4 Å². The number of imidazole rings is 1. The van der Waals surface area contributed by atoms with Gasteiger partial charge in [-0.3, -0.25) is 4.57 Å². The van der Waals surface area contributed by atoms with Crippen LogP contribution in [0.15, 0.2) is 36.7 Å². The van der Waals surface area contributed by atoms with Gasteiger partial charge in [0.05, 0.1) is 5.52 Å². The third kappa shape index (κ3) is 1.21. The molecule has 0 atom stereocenters. The van der Waals surface area contributed by atoms with Gasteiger partial charge in [0, 0.05) is 17.8 Å². The standard InChI is InChI=1S/C11H6N4S/c12-7-10-13-5-6-15(10)11-8-3-1-2-4-9(8)14-16-11/h1-6H. The summed E-state index contributed by atoms with van der Waals surface area (Å²) >= 11 is 1.37. The second kappa shape index (κ2) is 3.43. The Kier molecular flexibility index (Phi) is 1.95. The highest BCUT2D eigenvalue weighted by molar-refractivity contribution is 7.10. The van der Waals surface area contributed by atoms with Crippen LogP contribution in [0.1, 0.15) is 5.82 Å². The van der Waals surface area contributed by atoms with Crippen molar-refractivity contribution in [3.8, 4) is 11.1 Å². The van der Waals surface area contributed by atoms with Crippen LogP contribution < -0.4 is 0 Å². The van der Waals surface area contributed by atoms with Gasteiger partial charge in [-0.1, -0.05) is 12.1 Å². The first kappa shape index (κ1) is 9.07. The molecule has 76 valence electrons. The van der Waals surface area contributed by atoms with Crippen molar-refractivity contribution in [1.29, 1.82) is 5.26 Å². The van der Waals surface area contributed by atoms with Crippen molar-refractivity contribution in [2.24, 2.45) is 0 Å². The fourth-order valence-corrected chi connectivity index (χ4v) is 2.45. The zero-order chi connectivity index (χ0) is 11.0. The quantitative estimate of drug-likeness (QED) is 0.640. The van der Waals surface area contributed by atoms with Crippen LogP contribution in [-0.4, -0.2) is 13.9 Å². The number of rotatable bonds is 1. The van der Waals surface area contributed by atoms with E-state index in [1.165, 1.54) is 11.5 Å². The first-order chi connectivity index (χ1) is 7.90. The molecule has 0 unspecified atom stereocenters. The molecule has 1 aromatic carbocycles. The lowest BCUT2D eigenvalue weighted by molar-refractivity contribution is 1.05. The van der Waals surface area contributed by atoms with Crippen molar-refractivity contribution in [1.82, 2.24) is 13.9 Å². The lowest BCUT2D eigenvalue weighted by atomic mass is 10.2. The zero-order valence-corrected chi connectivity index (χ0v) is 8.98. The predicted octanol–water partition coefficient (Wildman–Crippen LogP) is 2.35. The SMILES string of the molecule is N#Cc1nccn1-c1snc2ccccc12. The van der Waals surface area contributed by atoms with Crippen LogP contribution in [0.3, 0.4) is 0 Å². The molecular weight excluding hydrogens is 220 g/mol. The summed E-state index contributed by atoms with van der Waals surface area (Å²) in [6.45, 7) is 0. The molecule has 0 aliphatic rings. The molecule has 0 fully saturated rings. The maximum atomic E-state index is 8.93. The Morgan fingerprint density at radius 2 is 2.19 bits per heavy atom. The fraction of sp³-hybridized carbons (Fsp3) is 0. The molecule has 0 spiro atoms. The van der Waals surface area contributed by atoms with Gasteiger partial charge >= 0.3 is 0 Å². The molecular formula is C11H6N4S. The Labute approximate surface area is 95.6 Å². The van der Waals surface area contributed by atoms with Crippen molar-refractivity contribution < 1.29 is 0 Å². The second-order valence-corrected chi connectivity index (χ2v) is 3.99. The topological polar surface area (TPSA) is 54.5 Å². The van der Waals surface area contributed by atoms with Gasteiger partial charge in [0.1, 0.15) is 11.1 Å². The number of nitrogens with zero attached hydrogens (tertiary/aromatic N) is 4. The van der Waals surface area contributed by atoms with Gasteiger partial charge in [-0.25, -0.2) is 4.98 Å². The van der Waals surface area contributed by atoms with E-state index in [9.17, 15) is 0 Å². The molecule has 0 N–H and O–H groups in total. The van der Waals surface area contributed by atoms with Gasteiger partial charge in [-0.15, -0.1) is 0 Å². The molecule has 3 rings (SSSR count). The van der Waals surface area contributed by atoms with Crippen molar-refractivity contribution in [3.05, 3.63) is 42.5 Å². The van der Waals surface area contributed by atoms with Crippen LogP contribution >= 0.6 is 11.5 Å². The largest absolute Gasteiger partial charge is 0.281 e. The summed E-state index contributed by atoms with van der Waals surface area (Å²) in [5.74, 6) is 0.384. The molecule has 16 heavy (non-hydrogen) atoms. The molecule has 0 saturated carbocycles. The number of hydrogen-bond acceptors (Lipinski definition) is 4. The van der Waals surface area contributed by atoms with Crippen molar-refractivity contribution in [2.45, 2.75) is 0 Å². The van der Waals surface area contributed by atoms with E-state index in [-0.39, 0.29) is 0 Å². The van der Waals surface area contributed by atoms with E-state index in [4.69, 9.17) is 5.26 Å². The highest BCUT2D eigenvalue weighted by Gasteiger charge is 2.10. The second-order valence-electron chi connectivity index (χ2n) is 3.24. The Hall–Kier alpha value is -2.19. The van der Waals surface area contributed by atoms with Crippen LogP contribution in [0.4, 0.5) is 0 Å². The Morgan fingerprint density at radius 1 is 1.31 bits per heavy atom. The first-order valence-electron chi connectivity index (χ1n) is 4.68. The molecule has 0 aliphatic carbocycles. The smallest absolute Gasteiger partial charge is 0.218 e. The fourth-order valence-electron chi connectivity index (χ4n) is 1.60. The van der Waals surface area contributed by atoms with Gasteiger partial charge in [0.2, 0.25) is 5.82 Å². The molecule has 4 nitrogen and oxygen atoms in total. The Bertz CT molecular complexity index is 689. The number of nitriles is 1. The minimum absolute atomic E-state index is 0.384. The van der Waals surface area contributed by atoms with Gasteiger partial charge in [0.25, 0.3) is 0 Å². The lowest BCUT2D eigenvalue weighted by Crippen LogP contribution is -1.93. The monoisotopic (exact) mass is 226 g/mol. The lowest BCUT2D eigenvalue weighted by Gasteiger charge is -1.98. The van der Waals surface area contributed by atoms with E-state index in [0.29, 0.717) is 5.82 Å². The molecule has 0 saturated heterocycles. The van der Waals surface area contributed by atoms with Crippen LogP contribution in [0.2, 0.25) is 0 Å².